The molecule has 3 amide bonds. The van der Waals surface area contributed by atoms with Gasteiger partial charge in [0, 0.05) is 16.1 Å². The third kappa shape index (κ3) is 8.27. The van der Waals surface area contributed by atoms with E-state index < -0.39 is 17.1 Å². The van der Waals surface area contributed by atoms with Gasteiger partial charge in [0.2, 0.25) is 11.0 Å². The Hall–Kier alpha value is -5.06. The number of aromatic nitrogens is 2. The predicted molar refractivity (Wildman–Crippen MR) is 177 cm³/mol. The van der Waals surface area contributed by atoms with Crippen molar-refractivity contribution in [3.8, 4) is 11.1 Å². The Morgan fingerprint density at radius 3 is 2.16 bits per heavy atom. The highest BCUT2D eigenvalue weighted by Gasteiger charge is 2.18. The van der Waals surface area contributed by atoms with E-state index in [1.165, 1.54) is 23.1 Å². The lowest BCUT2D eigenvalue weighted by molar-refractivity contribution is -0.115. The Kier molecular flexibility index (Phi) is 9.96. The summed E-state index contributed by atoms with van der Waals surface area (Å²) in [6.45, 7) is 3.61. The van der Waals surface area contributed by atoms with Crippen molar-refractivity contribution in [1.82, 2.24) is 15.5 Å². The van der Waals surface area contributed by atoms with Gasteiger partial charge < -0.3 is 10.6 Å². The Bertz CT molecular complexity index is 1790. The monoisotopic (exact) mass is 619 g/mol. The highest BCUT2D eigenvalue weighted by Crippen LogP contribution is 2.27. The molecular formula is C34H29N5O3S2. The normalized spacial score (nSPS) is 11.8. The van der Waals surface area contributed by atoms with E-state index in [-0.39, 0.29) is 11.6 Å². The highest BCUT2D eigenvalue weighted by molar-refractivity contribution is 8.00. The highest BCUT2D eigenvalue weighted by atomic mass is 32.2. The molecule has 0 bridgehead atoms. The van der Waals surface area contributed by atoms with Gasteiger partial charge in [0.15, 0.2) is 0 Å². The van der Waals surface area contributed by atoms with Gasteiger partial charge in [-0.15, -0.1) is 22.0 Å². The van der Waals surface area contributed by atoms with Gasteiger partial charge in [-0.1, -0.05) is 90.2 Å². The van der Waals surface area contributed by atoms with Crippen LogP contribution in [-0.4, -0.2) is 33.2 Å². The molecule has 0 spiro atoms. The van der Waals surface area contributed by atoms with Crippen molar-refractivity contribution in [2.75, 3.05) is 10.6 Å². The van der Waals surface area contributed by atoms with Gasteiger partial charge in [0.05, 0.1) is 5.25 Å². The number of aryl methyl sites for hydroxylation is 1. The van der Waals surface area contributed by atoms with Crippen LogP contribution in [0.15, 0.2) is 120 Å². The lowest BCUT2D eigenvalue weighted by Gasteiger charge is -2.13. The Morgan fingerprint density at radius 1 is 0.795 bits per heavy atom. The van der Waals surface area contributed by atoms with Gasteiger partial charge in [0.1, 0.15) is 10.7 Å². The molecule has 0 aliphatic heterocycles. The Labute approximate surface area is 263 Å². The maximum atomic E-state index is 13.5. The fourth-order valence-electron chi connectivity index (χ4n) is 4.17. The molecule has 0 saturated carbocycles. The summed E-state index contributed by atoms with van der Waals surface area (Å²) in [6.07, 6.45) is 1.64. The minimum Gasteiger partial charge on any atom is -0.321 e. The topological polar surface area (TPSA) is 113 Å². The fourth-order valence-corrected chi connectivity index (χ4v) is 5.69. The number of amides is 3. The van der Waals surface area contributed by atoms with E-state index >= 15 is 0 Å². The summed E-state index contributed by atoms with van der Waals surface area (Å²) in [5.41, 5.74) is 3.91. The summed E-state index contributed by atoms with van der Waals surface area (Å²) in [4.78, 5) is 40.0. The van der Waals surface area contributed by atoms with Crippen LogP contribution in [0.3, 0.4) is 0 Å². The first-order valence-electron chi connectivity index (χ1n) is 13.8. The van der Waals surface area contributed by atoms with E-state index in [1.54, 1.807) is 55.5 Å². The minimum absolute atomic E-state index is 0.0875. The average molecular weight is 620 g/mol. The van der Waals surface area contributed by atoms with Crippen LogP contribution in [0.4, 0.5) is 10.8 Å². The first-order chi connectivity index (χ1) is 21.3. The van der Waals surface area contributed by atoms with Crippen molar-refractivity contribution < 1.29 is 14.4 Å². The fraction of sp³-hybridized carbons (Fsp3) is 0.0882. The van der Waals surface area contributed by atoms with Crippen molar-refractivity contribution in [2.24, 2.45) is 0 Å². The molecule has 1 atom stereocenters. The SMILES string of the molecule is Cc1nnc(NC(=O)C(C)Sc2cccc(NC(=O)/C(=C\c3ccc(-c4ccccc4)cc3)NC(=O)c3ccccc3)c2)s1. The Balaban J connectivity index is 1.32. The van der Waals surface area contributed by atoms with Gasteiger partial charge in [0.25, 0.3) is 11.8 Å². The Morgan fingerprint density at radius 2 is 1.48 bits per heavy atom. The van der Waals surface area contributed by atoms with E-state index in [4.69, 9.17) is 0 Å². The van der Waals surface area contributed by atoms with Crippen molar-refractivity contribution in [2.45, 2.75) is 24.0 Å². The maximum Gasteiger partial charge on any atom is 0.272 e. The van der Waals surface area contributed by atoms with Crippen LogP contribution in [0.2, 0.25) is 0 Å². The molecule has 10 heteroatoms. The van der Waals surface area contributed by atoms with Crippen LogP contribution in [0, 0.1) is 6.92 Å². The van der Waals surface area contributed by atoms with E-state index in [2.05, 4.69) is 26.1 Å². The summed E-state index contributed by atoms with van der Waals surface area (Å²) in [5.74, 6) is -1.09. The summed E-state index contributed by atoms with van der Waals surface area (Å²) in [7, 11) is 0. The first-order valence-corrected chi connectivity index (χ1v) is 15.5. The molecule has 0 aliphatic carbocycles. The second-order valence-corrected chi connectivity index (χ2v) is 12.3. The standard InChI is InChI=1S/C34H29N5O3S2/c1-22(31(40)37-34-39-38-23(2)44-34)43-29-15-9-14-28(21-29)35-33(42)30(36-32(41)27-12-7-4-8-13-27)20-24-16-18-26(19-17-24)25-10-5-3-6-11-25/h3-22H,1-2H3,(H,35,42)(H,36,41)(H,37,39,40)/b30-20+. The van der Waals surface area contributed by atoms with Gasteiger partial charge >= 0.3 is 0 Å². The molecule has 0 saturated heterocycles. The number of anilines is 2. The summed E-state index contributed by atoms with van der Waals surface area (Å²) >= 11 is 2.65. The molecule has 1 heterocycles. The van der Waals surface area contributed by atoms with Gasteiger partial charge in [-0.2, -0.15) is 0 Å². The molecule has 44 heavy (non-hydrogen) atoms. The molecule has 220 valence electrons. The first kappa shape index (κ1) is 30.4. The van der Waals surface area contributed by atoms with E-state index in [0.717, 1.165) is 26.6 Å². The number of rotatable bonds is 10. The quantitative estimate of drug-likeness (QED) is 0.114. The smallest absolute Gasteiger partial charge is 0.272 e. The lowest BCUT2D eigenvalue weighted by atomic mass is 10.0. The largest absolute Gasteiger partial charge is 0.321 e. The number of nitrogens with one attached hydrogen (secondary N) is 3. The van der Waals surface area contributed by atoms with Crippen LogP contribution >= 0.6 is 23.1 Å². The van der Waals surface area contributed by atoms with Crippen LogP contribution < -0.4 is 16.0 Å². The number of hydrogen-bond acceptors (Lipinski definition) is 7. The molecule has 1 unspecified atom stereocenters. The van der Waals surface area contributed by atoms with Crippen LogP contribution in [0.25, 0.3) is 17.2 Å². The van der Waals surface area contributed by atoms with Crippen LogP contribution in [0.1, 0.15) is 27.9 Å². The molecule has 4 aromatic carbocycles. The van der Waals surface area contributed by atoms with Crippen molar-refractivity contribution >= 4 is 57.7 Å². The average Bonchev–Trinajstić information content (AvgIpc) is 3.46. The number of thioether (sulfide) groups is 1. The van der Waals surface area contributed by atoms with Gasteiger partial charge in [-0.3, -0.25) is 19.7 Å². The van der Waals surface area contributed by atoms with Crippen LogP contribution in [0.5, 0.6) is 0 Å². The molecule has 0 aliphatic rings. The minimum atomic E-state index is -0.485. The number of hydrogen-bond donors (Lipinski definition) is 3. The summed E-state index contributed by atoms with van der Waals surface area (Å²) in [6, 6.07) is 33.6. The van der Waals surface area contributed by atoms with Crippen molar-refractivity contribution in [3.05, 3.63) is 131 Å². The second kappa shape index (κ2) is 14.4. The molecule has 1 aromatic heterocycles. The number of benzene rings is 4. The van der Waals surface area contributed by atoms with Crippen molar-refractivity contribution in [1.29, 1.82) is 0 Å². The molecule has 5 rings (SSSR count). The lowest BCUT2D eigenvalue weighted by Crippen LogP contribution is -2.30. The number of carbonyl (C=O) groups excluding carboxylic acids is 3. The van der Waals surface area contributed by atoms with E-state index in [9.17, 15) is 14.4 Å². The molecule has 8 nitrogen and oxygen atoms in total. The molecule has 5 aromatic rings. The molecule has 0 radical (unpaired) electrons. The third-order valence-electron chi connectivity index (χ3n) is 6.39. The second-order valence-electron chi connectivity index (χ2n) is 9.72. The van der Waals surface area contributed by atoms with E-state index in [1.807, 2.05) is 73.7 Å². The number of nitrogens with zero attached hydrogens (tertiary/aromatic N) is 2. The molecular weight excluding hydrogens is 591 g/mol. The molecule has 0 fully saturated rings. The summed E-state index contributed by atoms with van der Waals surface area (Å²) < 4.78 is 0. The maximum absolute atomic E-state index is 13.5. The third-order valence-corrected chi connectivity index (χ3v) is 8.24. The zero-order chi connectivity index (χ0) is 30.9. The summed E-state index contributed by atoms with van der Waals surface area (Å²) in [5, 5.41) is 17.1. The predicted octanol–water partition coefficient (Wildman–Crippen LogP) is 7.04. The van der Waals surface area contributed by atoms with Gasteiger partial charge in [-0.05, 0) is 66.9 Å². The zero-order valence-electron chi connectivity index (χ0n) is 24.0. The van der Waals surface area contributed by atoms with E-state index in [0.29, 0.717) is 16.4 Å². The zero-order valence-corrected chi connectivity index (χ0v) is 25.6. The van der Waals surface area contributed by atoms with Gasteiger partial charge in [-0.25, -0.2) is 0 Å². The molecule has 3 N–H and O–H groups in total. The van der Waals surface area contributed by atoms with Crippen LogP contribution in [-0.2, 0) is 9.59 Å². The number of carbonyl (C=O) groups is 3. The van der Waals surface area contributed by atoms with Crippen molar-refractivity contribution in [3.63, 3.8) is 0 Å².